The van der Waals surface area contributed by atoms with E-state index in [0.29, 0.717) is 36.8 Å². The highest BCUT2D eigenvalue weighted by Crippen LogP contribution is 2.21. The maximum absolute atomic E-state index is 12.8. The van der Waals surface area contributed by atoms with Crippen molar-refractivity contribution in [2.75, 3.05) is 25.1 Å². The number of ether oxygens (including phenoxy) is 3. The molecule has 1 amide bonds. The number of para-hydroxylation sites is 2. The number of benzene rings is 3. The maximum atomic E-state index is 12.8. The zero-order valence-electron chi connectivity index (χ0n) is 19.3. The van der Waals surface area contributed by atoms with Gasteiger partial charge in [0.15, 0.2) is 0 Å². The second kappa shape index (κ2) is 13.8. The van der Waals surface area contributed by atoms with Crippen molar-refractivity contribution in [3.05, 3.63) is 84.4 Å². The molecule has 0 aliphatic heterocycles. The van der Waals surface area contributed by atoms with Crippen LogP contribution in [0.2, 0.25) is 0 Å². The minimum absolute atomic E-state index is 0.223. The molecule has 3 aromatic rings. The van der Waals surface area contributed by atoms with Gasteiger partial charge in [0, 0.05) is 5.69 Å². The van der Waals surface area contributed by atoms with Crippen LogP contribution < -0.4 is 19.5 Å². The predicted molar refractivity (Wildman–Crippen MR) is 133 cm³/mol. The van der Waals surface area contributed by atoms with E-state index in [1.807, 2.05) is 66.7 Å². The van der Waals surface area contributed by atoms with Crippen molar-refractivity contribution in [2.45, 2.75) is 39.0 Å². The fourth-order valence-corrected chi connectivity index (χ4v) is 3.34. The zero-order chi connectivity index (χ0) is 23.1. The Labute approximate surface area is 196 Å². The minimum atomic E-state index is -0.223. The van der Waals surface area contributed by atoms with E-state index in [1.165, 1.54) is 25.7 Å². The fourth-order valence-electron chi connectivity index (χ4n) is 3.34. The summed E-state index contributed by atoms with van der Waals surface area (Å²) >= 11 is 0. The van der Waals surface area contributed by atoms with Crippen LogP contribution in [0, 0.1) is 0 Å². The Morgan fingerprint density at radius 2 is 1.30 bits per heavy atom. The summed E-state index contributed by atoms with van der Waals surface area (Å²) in [6, 6.07) is 24.2. The molecule has 0 atom stereocenters. The molecule has 0 saturated heterocycles. The molecule has 174 valence electrons. The van der Waals surface area contributed by atoms with Crippen LogP contribution in [0.4, 0.5) is 5.69 Å². The topological polar surface area (TPSA) is 56.8 Å². The largest absolute Gasteiger partial charge is 0.494 e. The highest BCUT2D eigenvalue weighted by atomic mass is 16.5. The second-order valence-electron chi connectivity index (χ2n) is 7.75. The highest BCUT2D eigenvalue weighted by molar-refractivity contribution is 6.06. The molecule has 0 unspecified atom stereocenters. The van der Waals surface area contributed by atoms with Gasteiger partial charge < -0.3 is 19.5 Å². The summed E-state index contributed by atoms with van der Waals surface area (Å²) in [5, 5.41) is 2.93. The number of amides is 1. The van der Waals surface area contributed by atoms with Gasteiger partial charge >= 0.3 is 0 Å². The Morgan fingerprint density at radius 1 is 0.667 bits per heavy atom. The Hall–Kier alpha value is -3.47. The average molecular weight is 448 g/mol. The van der Waals surface area contributed by atoms with Gasteiger partial charge in [-0.3, -0.25) is 4.79 Å². The number of unbranched alkanes of at least 4 members (excludes halogenated alkanes) is 4. The molecule has 0 radical (unpaired) electrons. The van der Waals surface area contributed by atoms with Crippen LogP contribution in [0.15, 0.2) is 78.9 Å². The van der Waals surface area contributed by atoms with Gasteiger partial charge in [-0.15, -0.1) is 0 Å². The number of carbonyl (C=O) groups is 1. The van der Waals surface area contributed by atoms with Crippen molar-refractivity contribution >= 4 is 11.6 Å². The first kappa shape index (κ1) is 24.2. The Balaban J connectivity index is 1.45. The van der Waals surface area contributed by atoms with Crippen molar-refractivity contribution in [3.8, 4) is 17.2 Å². The van der Waals surface area contributed by atoms with E-state index < -0.39 is 0 Å². The number of hydrogen-bond acceptors (Lipinski definition) is 4. The van der Waals surface area contributed by atoms with Gasteiger partial charge in [-0.2, -0.15) is 0 Å². The number of rotatable bonds is 14. The number of anilines is 1. The van der Waals surface area contributed by atoms with Crippen LogP contribution in [0.1, 0.15) is 49.4 Å². The van der Waals surface area contributed by atoms with Gasteiger partial charge in [0.2, 0.25) is 0 Å². The third-order valence-electron chi connectivity index (χ3n) is 5.11. The quantitative estimate of drug-likeness (QED) is 0.278. The second-order valence-corrected chi connectivity index (χ2v) is 7.75. The third kappa shape index (κ3) is 8.53. The summed E-state index contributed by atoms with van der Waals surface area (Å²) in [5.41, 5.74) is 1.18. The molecule has 0 aliphatic carbocycles. The Bertz CT molecular complexity index is 957. The van der Waals surface area contributed by atoms with E-state index in [0.717, 1.165) is 17.9 Å². The Kier molecular flexibility index (Phi) is 10.1. The standard InChI is InChI=1S/C28H33NO4/c1-2-3-4-5-11-20-31-25-18-16-23(17-19-25)29-28(30)26-14-9-10-15-27(26)33-22-21-32-24-12-7-6-8-13-24/h6-10,12-19H,2-5,11,20-22H2,1H3,(H,29,30). The molecule has 0 fully saturated rings. The summed E-state index contributed by atoms with van der Waals surface area (Å²) in [6.07, 6.45) is 6.04. The molecular formula is C28H33NO4. The lowest BCUT2D eigenvalue weighted by atomic mass is 10.1. The van der Waals surface area contributed by atoms with Crippen molar-refractivity contribution in [3.63, 3.8) is 0 Å². The van der Waals surface area contributed by atoms with Crippen molar-refractivity contribution in [1.82, 2.24) is 0 Å². The molecule has 5 heteroatoms. The molecule has 0 saturated carbocycles. The molecule has 0 aromatic heterocycles. The van der Waals surface area contributed by atoms with Gasteiger partial charge in [0.05, 0.1) is 12.2 Å². The van der Waals surface area contributed by atoms with Crippen LogP contribution in [0.5, 0.6) is 17.2 Å². The molecule has 0 bridgehead atoms. The van der Waals surface area contributed by atoms with Gasteiger partial charge in [0.25, 0.3) is 5.91 Å². The average Bonchev–Trinajstić information content (AvgIpc) is 2.86. The lowest BCUT2D eigenvalue weighted by molar-refractivity contribution is 0.102. The summed E-state index contributed by atoms with van der Waals surface area (Å²) < 4.78 is 17.3. The zero-order valence-corrected chi connectivity index (χ0v) is 19.3. The molecule has 3 aromatic carbocycles. The van der Waals surface area contributed by atoms with Crippen molar-refractivity contribution in [2.24, 2.45) is 0 Å². The third-order valence-corrected chi connectivity index (χ3v) is 5.11. The molecule has 33 heavy (non-hydrogen) atoms. The van der Waals surface area contributed by atoms with Gasteiger partial charge in [-0.1, -0.05) is 62.9 Å². The molecule has 0 spiro atoms. The van der Waals surface area contributed by atoms with E-state index in [2.05, 4.69) is 12.2 Å². The van der Waals surface area contributed by atoms with Crippen molar-refractivity contribution in [1.29, 1.82) is 0 Å². The number of nitrogens with one attached hydrogen (secondary N) is 1. The summed E-state index contributed by atoms with van der Waals surface area (Å²) in [6.45, 7) is 3.66. The number of carbonyl (C=O) groups excluding carboxylic acids is 1. The van der Waals surface area contributed by atoms with Gasteiger partial charge in [0.1, 0.15) is 30.5 Å². The molecule has 0 heterocycles. The normalized spacial score (nSPS) is 10.5. The first-order valence-corrected chi connectivity index (χ1v) is 11.7. The minimum Gasteiger partial charge on any atom is -0.494 e. The van der Waals surface area contributed by atoms with Crippen LogP contribution >= 0.6 is 0 Å². The van der Waals surface area contributed by atoms with E-state index in [1.54, 1.807) is 12.1 Å². The number of hydrogen-bond donors (Lipinski definition) is 1. The maximum Gasteiger partial charge on any atom is 0.259 e. The summed E-state index contributed by atoms with van der Waals surface area (Å²) in [4.78, 5) is 12.8. The van der Waals surface area contributed by atoms with Crippen LogP contribution in [-0.4, -0.2) is 25.7 Å². The van der Waals surface area contributed by atoms with E-state index in [9.17, 15) is 4.79 Å². The van der Waals surface area contributed by atoms with E-state index >= 15 is 0 Å². The SMILES string of the molecule is CCCCCCCOc1ccc(NC(=O)c2ccccc2OCCOc2ccccc2)cc1. The molecule has 0 aliphatic rings. The first-order valence-electron chi connectivity index (χ1n) is 11.7. The van der Waals surface area contributed by atoms with E-state index in [-0.39, 0.29) is 5.91 Å². The molecule has 5 nitrogen and oxygen atoms in total. The van der Waals surface area contributed by atoms with Crippen LogP contribution in [0.25, 0.3) is 0 Å². The lowest BCUT2D eigenvalue weighted by Crippen LogP contribution is -2.15. The highest BCUT2D eigenvalue weighted by Gasteiger charge is 2.12. The van der Waals surface area contributed by atoms with Gasteiger partial charge in [-0.25, -0.2) is 0 Å². The van der Waals surface area contributed by atoms with Crippen LogP contribution in [0.3, 0.4) is 0 Å². The molecule has 3 rings (SSSR count). The fraction of sp³-hybridized carbons (Fsp3) is 0.321. The smallest absolute Gasteiger partial charge is 0.259 e. The molecular weight excluding hydrogens is 414 g/mol. The van der Waals surface area contributed by atoms with Crippen molar-refractivity contribution < 1.29 is 19.0 Å². The van der Waals surface area contributed by atoms with Gasteiger partial charge in [-0.05, 0) is 55.0 Å². The summed E-state index contributed by atoms with van der Waals surface area (Å²) in [7, 11) is 0. The lowest BCUT2D eigenvalue weighted by Gasteiger charge is -2.13. The van der Waals surface area contributed by atoms with E-state index in [4.69, 9.17) is 14.2 Å². The predicted octanol–water partition coefficient (Wildman–Crippen LogP) is 6.75. The Morgan fingerprint density at radius 3 is 2.09 bits per heavy atom. The first-order chi connectivity index (χ1) is 16.3. The van der Waals surface area contributed by atoms with Crippen LogP contribution in [-0.2, 0) is 0 Å². The molecule has 1 N–H and O–H groups in total. The summed E-state index contributed by atoms with van der Waals surface area (Å²) in [5.74, 6) is 1.90. The monoisotopic (exact) mass is 447 g/mol.